The first-order chi connectivity index (χ1) is 8.91. The molecule has 0 unspecified atom stereocenters. The molecule has 6 heteroatoms. The third-order valence-electron chi connectivity index (χ3n) is 3.71. The smallest absolute Gasteiger partial charge is 0.187 e. The van der Waals surface area contributed by atoms with Crippen LogP contribution in [0.2, 0.25) is 5.02 Å². The van der Waals surface area contributed by atoms with Crippen LogP contribution >= 0.6 is 11.6 Å². The fraction of sp³-hybridized carbons (Fsp3) is 0.538. The highest BCUT2D eigenvalue weighted by molar-refractivity contribution is 7.92. The highest BCUT2D eigenvalue weighted by atomic mass is 35.5. The number of sulfone groups is 1. The Morgan fingerprint density at radius 3 is 2.53 bits per heavy atom. The van der Waals surface area contributed by atoms with Gasteiger partial charge in [0.1, 0.15) is 5.25 Å². The molecule has 0 bridgehead atoms. The van der Waals surface area contributed by atoms with Crippen LogP contribution < -0.4 is 0 Å². The predicted octanol–water partition coefficient (Wildman–Crippen LogP) is 1.58. The summed E-state index contributed by atoms with van der Waals surface area (Å²) >= 11 is 6.09. The Hall–Kier alpha value is -0.620. The van der Waals surface area contributed by atoms with Gasteiger partial charge in [0.15, 0.2) is 9.84 Å². The molecule has 0 aromatic heterocycles. The third-order valence-corrected chi connectivity index (χ3v) is 6.25. The summed E-state index contributed by atoms with van der Waals surface area (Å²) in [4.78, 5) is 0.161. The van der Waals surface area contributed by atoms with Crippen molar-refractivity contribution in [2.75, 3.05) is 13.2 Å². The summed E-state index contributed by atoms with van der Waals surface area (Å²) in [5, 5.41) is 9.61. The third kappa shape index (κ3) is 2.52. The summed E-state index contributed by atoms with van der Waals surface area (Å²) in [5.74, 6) is 0. The summed E-state index contributed by atoms with van der Waals surface area (Å²) in [7, 11) is -3.40. The molecule has 4 nitrogen and oxygen atoms in total. The predicted molar refractivity (Wildman–Crippen MR) is 71.1 cm³/mol. The topological polar surface area (TPSA) is 63.6 Å². The van der Waals surface area contributed by atoms with Gasteiger partial charge in [-0.2, -0.15) is 0 Å². The number of aliphatic hydroxyl groups is 1. The largest absolute Gasteiger partial charge is 0.390 e. The zero-order valence-electron chi connectivity index (χ0n) is 10.3. The highest BCUT2D eigenvalue weighted by Gasteiger charge is 2.40. The Balaban J connectivity index is 1.87. The molecule has 1 N–H and O–H groups in total. The lowest BCUT2D eigenvalue weighted by molar-refractivity contribution is 0.0416. The van der Waals surface area contributed by atoms with Gasteiger partial charge in [-0.3, -0.25) is 0 Å². The van der Waals surface area contributed by atoms with E-state index in [1.165, 1.54) is 6.07 Å². The van der Waals surface area contributed by atoms with E-state index in [2.05, 4.69) is 0 Å². The maximum atomic E-state index is 12.2. The van der Waals surface area contributed by atoms with E-state index in [1.807, 2.05) is 0 Å². The molecule has 0 atom stereocenters. The Kier molecular flexibility index (Phi) is 3.13. The minimum atomic E-state index is -3.40. The van der Waals surface area contributed by atoms with Crippen molar-refractivity contribution in [2.24, 2.45) is 0 Å². The summed E-state index contributed by atoms with van der Waals surface area (Å²) < 4.78 is 29.4. The van der Waals surface area contributed by atoms with Crippen LogP contribution in [-0.4, -0.2) is 37.6 Å². The maximum absolute atomic E-state index is 12.2. The lowest BCUT2D eigenvalue weighted by atomic mass is 10.1. The molecule has 1 aliphatic carbocycles. The van der Waals surface area contributed by atoms with Gasteiger partial charge in [-0.1, -0.05) is 17.7 Å². The van der Waals surface area contributed by atoms with Gasteiger partial charge in [0, 0.05) is 6.42 Å². The van der Waals surface area contributed by atoms with E-state index >= 15 is 0 Å². The van der Waals surface area contributed by atoms with Crippen molar-refractivity contribution in [3.8, 4) is 0 Å². The molecule has 0 amide bonds. The van der Waals surface area contributed by atoms with Crippen LogP contribution in [0.15, 0.2) is 23.1 Å². The number of rotatable bonds is 4. The van der Waals surface area contributed by atoms with E-state index in [0.717, 1.165) is 18.4 Å². The molecular formula is C13H15ClO4S. The second-order valence-corrected chi connectivity index (χ2v) is 7.97. The molecule has 19 heavy (non-hydrogen) atoms. The molecule has 1 aromatic rings. The maximum Gasteiger partial charge on any atom is 0.187 e. The Bertz CT molecular complexity index is 603. The summed E-state index contributed by atoms with van der Waals surface area (Å²) in [6.07, 6.45) is 2.12. The first kappa shape index (κ1) is 13.4. The second-order valence-electron chi connectivity index (χ2n) is 5.37. The van der Waals surface area contributed by atoms with Crippen LogP contribution in [0.3, 0.4) is 0 Å². The van der Waals surface area contributed by atoms with Gasteiger partial charge in [-0.25, -0.2) is 8.42 Å². The minimum Gasteiger partial charge on any atom is -0.390 e. The van der Waals surface area contributed by atoms with Gasteiger partial charge < -0.3 is 9.84 Å². The molecule has 1 saturated heterocycles. The van der Waals surface area contributed by atoms with Gasteiger partial charge in [-0.15, -0.1) is 0 Å². The van der Waals surface area contributed by atoms with Gasteiger partial charge in [0.05, 0.1) is 28.7 Å². The molecule has 0 radical (unpaired) electrons. The number of benzene rings is 1. The lowest BCUT2D eigenvalue weighted by Gasteiger charge is -2.26. The molecule has 2 aliphatic rings. The van der Waals surface area contributed by atoms with Crippen LogP contribution in [0, 0.1) is 0 Å². The van der Waals surface area contributed by atoms with Gasteiger partial charge in [-0.05, 0) is 30.5 Å². The van der Waals surface area contributed by atoms with Crippen molar-refractivity contribution >= 4 is 21.4 Å². The monoisotopic (exact) mass is 302 g/mol. The van der Waals surface area contributed by atoms with Gasteiger partial charge in [0.25, 0.3) is 0 Å². The first-order valence-corrected chi connectivity index (χ1v) is 8.16. The molecule has 3 rings (SSSR count). The zero-order chi connectivity index (χ0) is 13.7. The SMILES string of the molecule is O=S(=O)(c1ccc(CC2(O)CC2)cc1Cl)C1COC1. The van der Waals surface area contributed by atoms with Gasteiger partial charge in [0.2, 0.25) is 0 Å². The standard InChI is InChI=1S/C13H15ClO4S/c14-11-5-9(6-13(15)3-4-13)1-2-12(11)19(16,17)10-7-18-8-10/h1-2,5,10,15H,3-4,6-8H2. The molecule has 1 aromatic carbocycles. The molecule has 104 valence electrons. The zero-order valence-corrected chi connectivity index (χ0v) is 11.9. The second kappa shape index (κ2) is 4.45. The van der Waals surface area contributed by atoms with Crippen molar-refractivity contribution in [3.63, 3.8) is 0 Å². The Morgan fingerprint density at radius 1 is 1.37 bits per heavy atom. The summed E-state index contributed by atoms with van der Waals surface area (Å²) in [6, 6.07) is 4.91. The number of hydrogen-bond donors (Lipinski definition) is 1. The average molecular weight is 303 g/mol. The van der Waals surface area contributed by atoms with Crippen molar-refractivity contribution in [2.45, 2.75) is 35.0 Å². The average Bonchev–Trinajstić information content (AvgIpc) is 2.91. The summed E-state index contributed by atoms with van der Waals surface area (Å²) in [5.41, 5.74) is 0.264. The molecule has 1 heterocycles. The Morgan fingerprint density at radius 2 is 2.05 bits per heavy atom. The van der Waals surface area contributed by atoms with Crippen molar-refractivity contribution < 1.29 is 18.3 Å². The molecule has 1 aliphatic heterocycles. The van der Waals surface area contributed by atoms with E-state index in [-0.39, 0.29) is 23.1 Å². The van der Waals surface area contributed by atoms with Crippen LogP contribution in [0.25, 0.3) is 0 Å². The number of ether oxygens (including phenoxy) is 1. The van der Waals surface area contributed by atoms with E-state index in [0.29, 0.717) is 6.42 Å². The molecule has 2 fully saturated rings. The van der Waals surface area contributed by atoms with Crippen LogP contribution in [0.4, 0.5) is 0 Å². The lowest BCUT2D eigenvalue weighted by Crippen LogP contribution is -2.40. The van der Waals surface area contributed by atoms with Crippen molar-refractivity contribution in [3.05, 3.63) is 28.8 Å². The molecule has 0 spiro atoms. The molecule has 1 saturated carbocycles. The fourth-order valence-corrected chi connectivity index (χ4v) is 4.18. The van der Waals surface area contributed by atoms with E-state index in [1.54, 1.807) is 12.1 Å². The van der Waals surface area contributed by atoms with Crippen molar-refractivity contribution in [1.29, 1.82) is 0 Å². The normalized spacial score (nSPS) is 22.0. The number of halogens is 1. The van der Waals surface area contributed by atoms with E-state index in [9.17, 15) is 13.5 Å². The fourth-order valence-electron chi connectivity index (χ4n) is 2.16. The van der Waals surface area contributed by atoms with E-state index in [4.69, 9.17) is 16.3 Å². The van der Waals surface area contributed by atoms with Crippen LogP contribution in [0.1, 0.15) is 18.4 Å². The molecular weight excluding hydrogens is 288 g/mol. The van der Waals surface area contributed by atoms with Crippen LogP contribution in [0.5, 0.6) is 0 Å². The van der Waals surface area contributed by atoms with Gasteiger partial charge >= 0.3 is 0 Å². The quantitative estimate of drug-likeness (QED) is 0.917. The van der Waals surface area contributed by atoms with Crippen molar-refractivity contribution in [1.82, 2.24) is 0 Å². The number of hydrogen-bond acceptors (Lipinski definition) is 4. The highest BCUT2D eigenvalue weighted by Crippen LogP contribution is 2.39. The minimum absolute atomic E-state index is 0.161. The summed E-state index contributed by atoms with van der Waals surface area (Å²) in [6.45, 7) is 0.473. The van der Waals surface area contributed by atoms with E-state index < -0.39 is 20.7 Å². The first-order valence-electron chi connectivity index (χ1n) is 6.23. The Labute approximate surface area is 117 Å². The van der Waals surface area contributed by atoms with Crippen LogP contribution in [-0.2, 0) is 21.0 Å².